The highest BCUT2D eigenvalue weighted by Crippen LogP contribution is 1.91. The summed E-state index contributed by atoms with van der Waals surface area (Å²) in [6, 6.07) is 5.73. The van der Waals surface area contributed by atoms with Crippen LogP contribution in [-0.4, -0.2) is 11.8 Å². The highest BCUT2D eigenvalue weighted by atomic mass is 16.1. The zero-order valence-corrected chi connectivity index (χ0v) is 5.66. The predicted molar refractivity (Wildman–Crippen MR) is 41.4 cm³/mol. The van der Waals surface area contributed by atoms with Crippen LogP contribution in [0.5, 0.6) is 0 Å². The van der Waals surface area contributed by atoms with Crippen molar-refractivity contribution in [2.75, 3.05) is 0 Å². The van der Waals surface area contributed by atoms with Crippen LogP contribution in [0.4, 0.5) is 0 Å². The van der Waals surface area contributed by atoms with Gasteiger partial charge >= 0.3 is 0 Å². The molecular formula is C8H9NO. The number of hydrogen-bond donors (Lipinski definition) is 0. The Labute approximate surface area is 60.2 Å². The van der Waals surface area contributed by atoms with E-state index < -0.39 is 0 Å². The van der Waals surface area contributed by atoms with Crippen LogP contribution < -0.4 is 0 Å². The van der Waals surface area contributed by atoms with Crippen LogP contribution in [-0.2, 0) is 4.79 Å². The first kappa shape index (κ1) is 8.56. The van der Waals surface area contributed by atoms with Crippen LogP contribution in [0.2, 0.25) is 0 Å². The third kappa shape index (κ3) is 2.77. The normalized spacial score (nSPS) is 7.20. The highest BCUT2D eigenvalue weighted by Gasteiger charge is 1.77. The minimum absolute atomic E-state index is 0.924. The van der Waals surface area contributed by atoms with Crippen LogP contribution in [0.25, 0.3) is 6.08 Å². The Bertz CT molecular complexity index is 184. The fourth-order valence-corrected chi connectivity index (χ4v) is 0.497. The Hall–Kier alpha value is -1.44. The van der Waals surface area contributed by atoms with Crippen molar-refractivity contribution in [3.63, 3.8) is 0 Å². The van der Waals surface area contributed by atoms with Crippen molar-refractivity contribution in [1.29, 1.82) is 0 Å². The minimum Gasteiger partial charge on any atom is -0.307 e. The molecule has 0 fully saturated rings. The van der Waals surface area contributed by atoms with E-state index in [1.165, 1.54) is 0 Å². The first-order valence-electron chi connectivity index (χ1n) is 2.76. The van der Waals surface area contributed by atoms with Crippen LogP contribution in [0.3, 0.4) is 0 Å². The molecule has 0 atom stereocenters. The fraction of sp³-hybridized carbons (Fsp3) is 0. The van der Waals surface area contributed by atoms with Gasteiger partial charge in [-0.25, -0.2) is 0 Å². The van der Waals surface area contributed by atoms with E-state index in [2.05, 4.69) is 11.6 Å². The predicted octanol–water partition coefficient (Wildman–Crippen LogP) is 1.54. The summed E-state index contributed by atoms with van der Waals surface area (Å²) < 4.78 is 0. The molecule has 0 unspecified atom stereocenters. The van der Waals surface area contributed by atoms with Crippen LogP contribution in [0.15, 0.2) is 31.0 Å². The van der Waals surface area contributed by atoms with Crippen LogP contribution in [0, 0.1) is 0 Å². The maximum atomic E-state index is 8.00. The van der Waals surface area contributed by atoms with Crippen molar-refractivity contribution >= 4 is 12.9 Å². The average Bonchev–Trinajstić information content (AvgIpc) is 2.10. The lowest BCUT2D eigenvalue weighted by Gasteiger charge is -1.84. The lowest BCUT2D eigenvalue weighted by Crippen LogP contribution is -1.73. The van der Waals surface area contributed by atoms with E-state index in [0.717, 1.165) is 5.69 Å². The maximum absolute atomic E-state index is 8.00. The average molecular weight is 135 g/mol. The summed E-state index contributed by atoms with van der Waals surface area (Å²) in [6.07, 6.45) is 3.47. The van der Waals surface area contributed by atoms with E-state index in [1.807, 2.05) is 25.0 Å². The number of hydrogen-bond acceptors (Lipinski definition) is 2. The molecular weight excluding hydrogens is 126 g/mol. The Morgan fingerprint density at radius 3 is 2.40 bits per heavy atom. The number of carbonyl (C=O) groups excluding carboxylic acids is 1. The van der Waals surface area contributed by atoms with Gasteiger partial charge in [-0.3, -0.25) is 4.98 Å². The SMILES string of the molecule is C=Cc1ccccn1.C=O. The van der Waals surface area contributed by atoms with Gasteiger partial charge in [0, 0.05) is 6.20 Å². The Morgan fingerprint density at radius 1 is 1.40 bits per heavy atom. The molecule has 0 saturated heterocycles. The van der Waals surface area contributed by atoms with E-state index in [0.29, 0.717) is 0 Å². The van der Waals surface area contributed by atoms with Gasteiger partial charge in [-0.05, 0) is 18.2 Å². The molecule has 1 aromatic rings. The van der Waals surface area contributed by atoms with Gasteiger partial charge in [-0.2, -0.15) is 0 Å². The van der Waals surface area contributed by atoms with Crippen molar-refractivity contribution in [2.45, 2.75) is 0 Å². The first-order chi connectivity index (χ1) is 4.93. The molecule has 2 heteroatoms. The molecule has 0 amide bonds. The molecule has 0 aliphatic rings. The third-order valence-corrected chi connectivity index (χ3v) is 0.897. The monoisotopic (exact) mass is 135 g/mol. The second-order valence-corrected chi connectivity index (χ2v) is 1.46. The summed E-state index contributed by atoms with van der Waals surface area (Å²) in [6.45, 7) is 5.57. The quantitative estimate of drug-likeness (QED) is 0.584. The molecule has 0 radical (unpaired) electrons. The lowest BCUT2D eigenvalue weighted by molar-refractivity contribution is -0.0979. The molecule has 52 valence electrons. The topological polar surface area (TPSA) is 30.0 Å². The minimum atomic E-state index is 0.924. The molecule has 2 nitrogen and oxygen atoms in total. The van der Waals surface area contributed by atoms with Crippen molar-refractivity contribution in [2.24, 2.45) is 0 Å². The van der Waals surface area contributed by atoms with Gasteiger partial charge in [0.25, 0.3) is 0 Å². The zero-order chi connectivity index (χ0) is 7.82. The van der Waals surface area contributed by atoms with Gasteiger partial charge in [0.2, 0.25) is 0 Å². The van der Waals surface area contributed by atoms with E-state index in [4.69, 9.17) is 4.79 Å². The second-order valence-electron chi connectivity index (χ2n) is 1.46. The lowest BCUT2D eigenvalue weighted by atomic mass is 10.4. The van der Waals surface area contributed by atoms with Crippen molar-refractivity contribution in [3.05, 3.63) is 36.7 Å². The van der Waals surface area contributed by atoms with E-state index >= 15 is 0 Å². The van der Waals surface area contributed by atoms with Crippen molar-refractivity contribution < 1.29 is 4.79 Å². The largest absolute Gasteiger partial charge is 0.307 e. The number of rotatable bonds is 1. The summed E-state index contributed by atoms with van der Waals surface area (Å²) in [5, 5.41) is 0. The summed E-state index contributed by atoms with van der Waals surface area (Å²) in [5.74, 6) is 0. The van der Waals surface area contributed by atoms with Crippen molar-refractivity contribution in [1.82, 2.24) is 4.98 Å². The molecule has 0 saturated carbocycles. The Balaban J connectivity index is 0.000000371. The van der Waals surface area contributed by atoms with Gasteiger partial charge in [-0.1, -0.05) is 12.6 Å². The standard InChI is InChI=1S/C7H7N.CH2O/c1-2-7-5-3-4-6-8-7;1-2/h2-6H,1H2;1H2. The molecule has 0 aliphatic carbocycles. The first-order valence-corrected chi connectivity index (χ1v) is 2.76. The Kier molecular flexibility index (Phi) is 4.87. The van der Waals surface area contributed by atoms with Gasteiger partial charge in [0.15, 0.2) is 0 Å². The highest BCUT2D eigenvalue weighted by molar-refractivity contribution is 5.40. The molecule has 1 rings (SSSR count). The fourth-order valence-electron chi connectivity index (χ4n) is 0.497. The smallest absolute Gasteiger partial charge is 0.106 e. The number of carbonyl (C=O) groups is 1. The molecule has 0 aliphatic heterocycles. The summed E-state index contributed by atoms with van der Waals surface area (Å²) >= 11 is 0. The van der Waals surface area contributed by atoms with E-state index in [-0.39, 0.29) is 0 Å². The van der Waals surface area contributed by atoms with E-state index in [1.54, 1.807) is 12.3 Å². The summed E-state index contributed by atoms with van der Waals surface area (Å²) in [7, 11) is 0. The van der Waals surface area contributed by atoms with Gasteiger partial charge in [-0.15, -0.1) is 0 Å². The molecule has 0 bridgehead atoms. The Morgan fingerprint density at radius 2 is 2.10 bits per heavy atom. The molecule has 0 aromatic carbocycles. The van der Waals surface area contributed by atoms with Crippen LogP contribution >= 0.6 is 0 Å². The third-order valence-electron chi connectivity index (χ3n) is 0.897. The summed E-state index contributed by atoms with van der Waals surface area (Å²) in [5.41, 5.74) is 0.924. The van der Waals surface area contributed by atoms with Gasteiger partial charge in [0.1, 0.15) is 6.79 Å². The van der Waals surface area contributed by atoms with Gasteiger partial charge < -0.3 is 4.79 Å². The zero-order valence-electron chi connectivity index (χ0n) is 5.66. The second kappa shape index (κ2) is 5.69. The van der Waals surface area contributed by atoms with Crippen molar-refractivity contribution in [3.8, 4) is 0 Å². The van der Waals surface area contributed by atoms with Crippen LogP contribution in [0.1, 0.15) is 5.69 Å². The van der Waals surface area contributed by atoms with E-state index in [9.17, 15) is 0 Å². The molecule has 1 heterocycles. The van der Waals surface area contributed by atoms with Gasteiger partial charge in [0.05, 0.1) is 5.69 Å². The number of pyridine rings is 1. The molecule has 10 heavy (non-hydrogen) atoms. The molecule has 0 N–H and O–H groups in total. The number of aromatic nitrogens is 1. The maximum Gasteiger partial charge on any atom is 0.106 e. The number of nitrogens with zero attached hydrogens (tertiary/aromatic N) is 1. The molecule has 0 spiro atoms. The summed E-state index contributed by atoms with van der Waals surface area (Å²) in [4.78, 5) is 12.0. The molecule has 1 aromatic heterocycles.